The van der Waals surface area contributed by atoms with Crippen LogP contribution in [0, 0.1) is 23.7 Å². The van der Waals surface area contributed by atoms with Gasteiger partial charge in [-0.05, 0) is 12.8 Å². The molecule has 1 heterocycles. The summed E-state index contributed by atoms with van der Waals surface area (Å²) in [5, 5.41) is 0. The Morgan fingerprint density at radius 3 is 2.84 bits per heavy atom. The molecular weight excluding hydrogens is 240 g/mol. The third-order valence-corrected chi connectivity index (χ3v) is 4.87. The molecule has 1 saturated heterocycles. The van der Waals surface area contributed by atoms with Gasteiger partial charge in [0.05, 0.1) is 12.6 Å². The lowest BCUT2D eigenvalue weighted by Gasteiger charge is -2.61. The summed E-state index contributed by atoms with van der Waals surface area (Å²) in [6.45, 7) is 7.78. The van der Waals surface area contributed by atoms with Gasteiger partial charge in [0.1, 0.15) is 5.54 Å². The summed E-state index contributed by atoms with van der Waals surface area (Å²) in [5.74, 6) is 2.68. The van der Waals surface area contributed by atoms with E-state index < -0.39 is 5.54 Å². The third-order valence-electron chi connectivity index (χ3n) is 4.87. The van der Waals surface area contributed by atoms with Crippen LogP contribution in [-0.4, -0.2) is 42.1 Å². The van der Waals surface area contributed by atoms with Crippen LogP contribution in [0.25, 0.3) is 0 Å². The summed E-state index contributed by atoms with van der Waals surface area (Å²) < 4.78 is 5.72. The lowest BCUT2D eigenvalue weighted by molar-refractivity contribution is -0.183. The molecule has 3 unspecified atom stereocenters. The molecule has 2 aliphatic rings. The van der Waals surface area contributed by atoms with E-state index in [1.807, 2.05) is 20.8 Å². The first-order valence-electron chi connectivity index (χ1n) is 7.04. The minimum absolute atomic E-state index is 0.0101. The fourth-order valence-corrected chi connectivity index (χ4v) is 3.71. The molecule has 2 fully saturated rings. The van der Waals surface area contributed by atoms with E-state index in [1.165, 1.54) is 0 Å². The van der Waals surface area contributed by atoms with Gasteiger partial charge in [-0.2, -0.15) is 0 Å². The number of nitrogens with two attached hydrogens (primary N) is 1. The number of carbonyl (C=O) groups excluding carboxylic acids is 1. The SMILES string of the molecule is C#CCN(CCC)C(=O)C1(N)C2CCOC2C1(C)C. The summed E-state index contributed by atoms with van der Waals surface area (Å²) in [4.78, 5) is 14.6. The zero-order valence-electron chi connectivity index (χ0n) is 12.1. The van der Waals surface area contributed by atoms with E-state index in [0.717, 1.165) is 12.8 Å². The molecule has 0 aromatic heterocycles. The number of rotatable bonds is 4. The number of amides is 1. The van der Waals surface area contributed by atoms with Crippen LogP contribution in [0.3, 0.4) is 0 Å². The molecule has 1 amide bonds. The molecule has 0 bridgehead atoms. The second-order valence-corrected chi connectivity index (χ2v) is 6.21. The zero-order chi connectivity index (χ0) is 14.3. The molecule has 0 aromatic rings. The molecule has 106 valence electrons. The summed E-state index contributed by atoms with van der Waals surface area (Å²) >= 11 is 0. The minimum atomic E-state index is -0.833. The van der Waals surface area contributed by atoms with Crippen LogP contribution in [0.2, 0.25) is 0 Å². The number of carbonyl (C=O) groups is 1. The van der Waals surface area contributed by atoms with Crippen molar-refractivity contribution < 1.29 is 9.53 Å². The first-order valence-corrected chi connectivity index (χ1v) is 7.04. The molecule has 1 aliphatic carbocycles. The number of hydrogen-bond donors (Lipinski definition) is 1. The maximum Gasteiger partial charge on any atom is 0.244 e. The molecule has 4 heteroatoms. The van der Waals surface area contributed by atoms with Crippen molar-refractivity contribution in [3.05, 3.63) is 0 Å². The summed E-state index contributed by atoms with van der Waals surface area (Å²) in [7, 11) is 0. The van der Waals surface area contributed by atoms with Crippen LogP contribution < -0.4 is 5.73 Å². The van der Waals surface area contributed by atoms with Gasteiger partial charge < -0.3 is 15.4 Å². The molecule has 3 atom stereocenters. The molecule has 0 spiro atoms. The van der Waals surface area contributed by atoms with Crippen molar-refractivity contribution in [3.63, 3.8) is 0 Å². The Morgan fingerprint density at radius 1 is 1.58 bits per heavy atom. The molecule has 19 heavy (non-hydrogen) atoms. The van der Waals surface area contributed by atoms with Crippen LogP contribution in [0.4, 0.5) is 0 Å². The van der Waals surface area contributed by atoms with Gasteiger partial charge in [-0.15, -0.1) is 6.42 Å². The standard InChI is InChI=1S/C15H24N2O2/c1-5-8-17(9-6-2)13(18)15(16)11-7-10-19-12(11)14(15,3)4/h1,11-12H,6-10,16H2,2-4H3. The lowest BCUT2D eigenvalue weighted by atomic mass is 9.47. The predicted molar refractivity (Wildman–Crippen MR) is 74.3 cm³/mol. The number of nitrogens with zero attached hydrogens (tertiary/aromatic N) is 1. The highest BCUT2D eigenvalue weighted by molar-refractivity contribution is 5.89. The highest BCUT2D eigenvalue weighted by atomic mass is 16.5. The Labute approximate surface area is 115 Å². The van der Waals surface area contributed by atoms with E-state index in [0.29, 0.717) is 19.7 Å². The van der Waals surface area contributed by atoms with Gasteiger partial charge in [0, 0.05) is 24.5 Å². The average molecular weight is 264 g/mol. The van der Waals surface area contributed by atoms with Crippen molar-refractivity contribution in [2.45, 2.75) is 45.3 Å². The molecular formula is C15H24N2O2. The molecule has 1 saturated carbocycles. The lowest BCUT2D eigenvalue weighted by Crippen LogP contribution is -2.80. The Morgan fingerprint density at radius 2 is 2.26 bits per heavy atom. The number of ether oxygens (including phenoxy) is 1. The smallest absolute Gasteiger partial charge is 0.244 e. The minimum Gasteiger partial charge on any atom is -0.377 e. The quantitative estimate of drug-likeness (QED) is 0.771. The van der Waals surface area contributed by atoms with Crippen molar-refractivity contribution in [1.82, 2.24) is 4.90 Å². The first kappa shape index (κ1) is 14.4. The summed E-state index contributed by atoms with van der Waals surface area (Å²) in [6.07, 6.45) is 7.22. The Bertz CT molecular complexity index is 413. The normalized spacial score (nSPS) is 35.1. The van der Waals surface area contributed by atoms with Crippen LogP contribution in [0.15, 0.2) is 0 Å². The summed E-state index contributed by atoms with van der Waals surface area (Å²) in [5.41, 5.74) is 5.37. The number of fused-ring (bicyclic) bond motifs is 1. The van der Waals surface area contributed by atoms with Gasteiger partial charge in [0.25, 0.3) is 0 Å². The van der Waals surface area contributed by atoms with Crippen molar-refractivity contribution in [3.8, 4) is 12.3 Å². The molecule has 2 N–H and O–H groups in total. The van der Waals surface area contributed by atoms with Gasteiger partial charge in [-0.3, -0.25) is 4.79 Å². The van der Waals surface area contributed by atoms with Crippen LogP contribution in [-0.2, 0) is 9.53 Å². The highest BCUT2D eigenvalue weighted by Gasteiger charge is 2.71. The first-order chi connectivity index (χ1) is 8.91. The van der Waals surface area contributed by atoms with E-state index >= 15 is 0 Å². The zero-order valence-corrected chi connectivity index (χ0v) is 12.1. The number of terminal acetylenes is 1. The van der Waals surface area contributed by atoms with Crippen molar-refractivity contribution in [2.24, 2.45) is 17.1 Å². The van der Waals surface area contributed by atoms with Gasteiger partial charge in [-0.1, -0.05) is 26.7 Å². The van der Waals surface area contributed by atoms with Crippen molar-refractivity contribution in [2.75, 3.05) is 19.7 Å². The monoisotopic (exact) mass is 264 g/mol. The predicted octanol–water partition coefficient (Wildman–Crippen LogP) is 1.00. The van der Waals surface area contributed by atoms with Crippen molar-refractivity contribution >= 4 is 5.91 Å². The van der Waals surface area contributed by atoms with Gasteiger partial charge >= 0.3 is 0 Å². The third kappa shape index (κ3) is 1.79. The van der Waals surface area contributed by atoms with E-state index in [-0.39, 0.29) is 23.3 Å². The maximum absolute atomic E-state index is 12.8. The fraction of sp³-hybridized carbons (Fsp3) is 0.800. The fourth-order valence-electron chi connectivity index (χ4n) is 3.71. The van der Waals surface area contributed by atoms with E-state index in [1.54, 1.807) is 4.90 Å². The number of hydrogen-bond acceptors (Lipinski definition) is 3. The molecule has 4 nitrogen and oxygen atoms in total. The van der Waals surface area contributed by atoms with Gasteiger partial charge in [0.15, 0.2) is 0 Å². The average Bonchev–Trinajstić information content (AvgIpc) is 2.84. The van der Waals surface area contributed by atoms with Crippen LogP contribution >= 0.6 is 0 Å². The second-order valence-electron chi connectivity index (χ2n) is 6.21. The van der Waals surface area contributed by atoms with Gasteiger partial charge in [0.2, 0.25) is 5.91 Å². The topological polar surface area (TPSA) is 55.6 Å². The second kappa shape index (κ2) is 4.81. The molecule has 1 aliphatic heterocycles. The van der Waals surface area contributed by atoms with E-state index in [9.17, 15) is 4.79 Å². The Kier molecular flexibility index (Phi) is 3.63. The van der Waals surface area contributed by atoms with E-state index in [2.05, 4.69) is 5.92 Å². The Hall–Kier alpha value is -1.05. The maximum atomic E-state index is 12.8. The van der Waals surface area contributed by atoms with Gasteiger partial charge in [-0.25, -0.2) is 0 Å². The van der Waals surface area contributed by atoms with Crippen LogP contribution in [0.1, 0.15) is 33.6 Å². The van der Waals surface area contributed by atoms with Crippen LogP contribution in [0.5, 0.6) is 0 Å². The molecule has 0 aromatic carbocycles. The molecule has 0 radical (unpaired) electrons. The summed E-state index contributed by atoms with van der Waals surface area (Å²) in [6, 6.07) is 0. The largest absolute Gasteiger partial charge is 0.377 e. The van der Waals surface area contributed by atoms with Crippen molar-refractivity contribution in [1.29, 1.82) is 0 Å². The molecule has 2 rings (SSSR count). The van der Waals surface area contributed by atoms with E-state index in [4.69, 9.17) is 16.9 Å². The Balaban J connectivity index is 2.24. The highest BCUT2D eigenvalue weighted by Crippen LogP contribution is 2.58.